The summed E-state index contributed by atoms with van der Waals surface area (Å²) in [5, 5.41) is 4.12. The van der Waals surface area contributed by atoms with Gasteiger partial charge in [-0.25, -0.2) is 15.0 Å². The molecule has 0 aromatic carbocycles. The van der Waals surface area contributed by atoms with Crippen molar-refractivity contribution in [1.82, 2.24) is 15.0 Å². The molecule has 0 atom stereocenters. The predicted molar refractivity (Wildman–Crippen MR) is 117 cm³/mol. The van der Waals surface area contributed by atoms with Gasteiger partial charge in [0.2, 0.25) is 0 Å². The molecule has 5 aromatic heterocycles. The van der Waals surface area contributed by atoms with Gasteiger partial charge in [-0.1, -0.05) is 12.1 Å². The Morgan fingerprint density at radius 2 is 1.59 bits per heavy atom. The smallest absolute Gasteiger partial charge is 0.178 e. The number of nitrogens with zero attached hydrogens (tertiary/aromatic N) is 3. The van der Waals surface area contributed by atoms with E-state index in [9.17, 15) is 0 Å². The minimum absolute atomic E-state index is 0.526. The lowest BCUT2D eigenvalue weighted by Crippen LogP contribution is -1.95. The predicted octanol–water partition coefficient (Wildman–Crippen LogP) is 6.95. The minimum atomic E-state index is 0.526. The highest BCUT2D eigenvalue weighted by Crippen LogP contribution is 2.36. The maximum atomic E-state index is 5.94. The minimum Gasteiger partial charge on any atom is -0.241 e. The Labute approximate surface area is 173 Å². The largest absolute Gasteiger partial charge is 0.241 e. The molecule has 0 aliphatic carbocycles. The van der Waals surface area contributed by atoms with Gasteiger partial charge in [-0.3, -0.25) is 0 Å². The monoisotopic (exact) mass is 425 g/mol. The molecule has 0 radical (unpaired) electrons. The van der Waals surface area contributed by atoms with Crippen molar-refractivity contribution in [3.8, 4) is 31.6 Å². The van der Waals surface area contributed by atoms with Gasteiger partial charge in [0.1, 0.15) is 16.9 Å². The molecule has 0 saturated heterocycles. The first kappa shape index (κ1) is 17.0. The summed E-state index contributed by atoms with van der Waals surface area (Å²) in [4.78, 5) is 18.9. The number of hydrogen-bond donors (Lipinski definition) is 0. The normalized spacial score (nSPS) is 11.3. The maximum absolute atomic E-state index is 5.94. The van der Waals surface area contributed by atoms with Crippen molar-refractivity contribution < 1.29 is 0 Å². The maximum Gasteiger partial charge on any atom is 0.178 e. The van der Waals surface area contributed by atoms with Crippen LogP contribution in [0.4, 0.5) is 0 Å². The van der Waals surface area contributed by atoms with Crippen molar-refractivity contribution in [3.63, 3.8) is 0 Å². The molecule has 5 rings (SSSR count). The highest BCUT2D eigenvalue weighted by atomic mass is 35.5. The third-order valence-electron chi connectivity index (χ3n) is 4.11. The molecular weight excluding hydrogens is 414 g/mol. The second kappa shape index (κ2) is 7.13. The number of aromatic nitrogens is 3. The molecule has 5 heterocycles. The average molecular weight is 426 g/mol. The first-order valence-corrected chi connectivity index (χ1v) is 11.3. The number of hydrogen-bond acceptors (Lipinski definition) is 6. The Morgan fingerprint density at radius 1 is 0.852 bits per heavy atom. The fraction of sp³-hybridized carbons (Fsp3) is 0.0500. The van der Waals surface area contributed by atoms with E-state index in [0.29, 0.717) is 11.5 Å². The summed E-state index contributed by atoms with van der Waals surface area (Å²) >= 11 is 11.0. The molecular formula is C20H12ClN3S3. The molecule has 0 bridgehead atoms. The van der Waals surface area contributed by atoms with Crippen LogP contribution in [-0.4, -0.2) is 15.0 Å². The molecule has 7 heteroatoms. The van der Waals surface area contributed by atoms with Crippen molar-refractivity contribution in [2.45, 2.75) is 5.88 Å². The molecule has 0 spiro atoms. The first-order chi connectivity index (χ1) is 13.3. The van der Waals surface area contributed by atoms with Crippen LogP contribution in [0.15, 0.2) is 59.4 Å². The van der Waals surface area contributed by atoms with Gasteiger partial charge in [-0.05, 0) is 41.1 Å². The van der Waals surface area contributed by atoms with Crippen molar-refractivity contribution >= 4 is 56.8 Å². The molecule has 0 unspecified atom stereocenters. The Bertz CT molecular complexity index is 1210. The van der Waals surface area contributed by atoms with Crippen LogP contribution in [-0.2, 0) is 5.88 Å². The van der Waals surface area contributed by atoms with E-state index in [4.69, 9.17) is 21.6 Å². The Kier molecular flexibility index (Phi) is 4.49. The van der Waals surface area contributed by atoms with E-state index in [1.165, 1.54) is 0 Å². The zero-order chi connectivity index (χ0) is 18.2. The van der Waals surface area contributed by atoms with Crippen LogP contribution in [0.25, 0.3) is 42.7 Å². The summed E-state index contributed by atoms with van der Waals surface area (Å²) < 4.78 is 0. The van der Waals surface area contributed by atoms with E-state index in [1.54, 1.807) is 34.0 Å². The average Bonchev–Trinajstić information content (AvgIpc) is 3.48. The topological polar surface area (TPSA) is 38.7 Å². The van der Waals surface area contributed by atoms with Gasteiger partial charge in [-0.15, -0.1) is 45.6 Å². The molecule has 27 heavy (non-hydrogen) atoms. The lowest BCUT2D eigenvalue weighted by Gasteiger charge is -2.08. The van der Waals surface area contributed by atoms with E-state index in [2.05, 4.69) is 46.1 Å². The zero-order valence-corrected chi connectivity index (χ0v) is 17.1. The fourth-order valence-corrected chi connectivity index (χ4v) is 5.38. The molecule has 0 aliphatic heterocycles. The van der Waals surface area contributed by atoms with Crippen LogP contribution >= 0.6 is 45.6 Å². The van der Waals surface area contributed by atoms with Gasteiger partial charge in [0.15, 0.2) is 5.65 Å². The van der Waals surface area contributed by atoms with Crippen LogP contribution in [0.1, 0.15) is 4.88 Å². The number of rotatable bonds is 4. The molecule has 0 saturated carbocycles. The number of alkyl halides is 1. The standard InChI is InChI=1S/C20H12ClN3S3/c21-10-13-5-6-15(27-13)12-9-14-20(22-11-12)24-19(17-4-2-8-26-17)18(23-14)16-3-1-7-25-16/h1-9,11H,10H2. The highest BCUT2D eigenvalue weighted by molar-refractivity contribution is 7.15. The third kappa shape index (κ3) is 3.19. The lowest BCUT2D eigenvalue weighted by atomic mass is 10.2. The summed E-state index contributed by atoms with van der Waals surface area (Å²) in [6.07, 6.45) is 1.86. The van der Waals surface area contributed by atoms with E-state index in [0.717, 1.165) is 42.0 Å². The van der Waals surface area contributed by atoms with E-state index in [1.807, 2.05) is 18.3 Å². The van der Waals surface area contributed by atoms with Crippen LogP contribution < -0.4 is 0 Å². The number of pyridine rings is 1. The van der Waals surface area contributed by atoms with Gasteiger partial charge in [-0.2, -0.15) is 0 Å². The molecule has 3 nitrogen and oxygen atoms in total. The van der Waals surface area contributed by atoms with Gasteiger partial charge in [0.25, 0.3) is 0 Å². The fourth-order valence-electron chi connectivity index (χ4n) is 2.86. The van der Waals surface area contributed by atoms with Gasteiger partial charge >= 0.3 is 0 Å². The Morgan fingerprint density at radius 3 is 2.22 bits per heavy atom. The molecule has 0 aliphatic rings. The second-order valence-electron chi connectivity index (χ2n) is 5.84. The van der Waals surface area contributed by atoms with E-state index >= 15 is 0 Å². The van der Waals surface area contributed by atoms with Crippen LogP contribution in [0, 0.1) is 0 Å². The van der Waals surface area contributed by atoms with Crippen LogP contribution in [0.2, 0.25) is 0 Å². The number of thiophene rings is 3. The number of halogens is 1. The first-order valence-electron chi connectivity index (χ1n) is 8.22. The third-order valence-corrected chi connectivity index (χ3v) is 7.44. The van der Waals surface area contributed by atoms with Crippen molar-refractivity contribution in [3.05, 3.63) is 64.3 Å². The lowest BCUT2D eigenvalue weighted by molar-refractivity contribution is 1.24. The van der Waals surface area contributed by atoms with Crippen molar-refractivity contribution in [2.75, 3.05) is 0 Å². The second-order valence-corrected chi connectivity index (χ2v) is 9.17. The Balaban J connectivity index is 1.70. The SMILES string of the molecule is ClCc1ccc(-c2cnc3nc(-c4cccs4)c(-c4cccs4)nc3c2)s1. The van der Waals surface area contributed by atoms with E-state index < -0.39 is 0 Å². The van der Waals surface area contributed by atoms with Crippen molar-refractivity contribution in [2.24, 2.45) is 0 Å². The van der Waals surface area contributed by atoms with Gasteiger partial charge < -0.3 is 0 Å². The number of fused-ring (bicyclic) bond motifs is 1. The molecule has 0 fully saturated rings. The van der Waals surface area contributed by atoms with E-state index in [-0.39, 0.29) is 0 Å². The molecule has 132 valence electrons. The summed E-state index contributed by atoms with van der Waals surface area (Å²) in [5.74, 6) is 0.526. The summed E-state index contributed by atoms with van der Waals surface area (Å²) in [6.45, 7) is 0. The van der Waals surface area contributed by atoms with Crippen molar-refractivity contribution in [1.29, 1.82) is 0 Å². The summed E-state index contributed by atoms with van der Waals surface area (Å²) in [6, 6.07) is 14.4. The summed E-state index contributed by atoms with van der Waals surface area (Å²) in [5.41, 5.74) is 4.31. The van der Waals surface area contributed by atoms with Crippen LogP contribution in [0.5, 0.6) is 0 Å². The Hall–Kier alpha value is -2.12. The summed E-state index contributed by atoms with van der Waals surface area (Å²) in [7, 11) is 0. The zero-order valence-electron chi connectivity index (χ0n) is 13.9. The molecule has 5 aromatic rings. The van der Waals surface area contributed by atoms with Gasteiger partial charge in [0.05, 0.1) is 15.6 Å². The molecule has 0 N–H and O–H groups in total. The van der Waals surface area contributed by atoms with Crippen LogP contribution in [0.3, 0.4) is 0 Å². The van der Waals surface area contributed by atoms with Gasteiger partial charge in [0, 0.05) is 21.5 Å². The highest BCUT2D eigenvalue weighted by Gasteiger charge is 2.16. The quantitative estimate of drug-likeness (QED) is 0.292. The molecule has 0 amide bonds.